The summed E-state index contributed by atoms with van der Waals surface area (Å²) in [7, 11) is 0. The lowest BCUT2D eigenvalue weighted by atomic mass is 9.49. The highest BCUT2D eigenvalue weighted by Gasteiger charge is 2.51. The first-order chi connectivity index (χ1) is 10.7. The molecule has 0 atom stereocenters. The van der Waals surface area contributed by atoms with E-state index in [1.165, 1.54) is 38.5 Å². The molecule has 1 heterocycles. The van der Waals surface area contributed by atoms with E-state index in [1.54, 1.807) is 0 Å². The lowest BCUT2D eigenvalue weighted by molar-refractivity contribution is -0.141. The van der Waals surface area contributed by atoms with Gasteiger partial charge in [-0.1, -0.05) is 0 Å². The van der Waals surface area contributed by atoms with Crippen molar-refractivity contribution in [3.8, 4) is 0 Å². The monoisotopic (exact) mass is 305 g/mol. The first-order valence-corrected chi connectivity index (χ1v) is 9.36. The van der Waals surface area contributed by atoms with Crippen LogP contribution < -0.4 is 5.73 Å². The molecule has 0 aromatic heterocycles. The summed E-state index contributed by atoms with van der Waals surface area (Å²) in [5.74, 6) is 3.27. The molecule has 124 valence electrons. The van der Waals surface area contributed by atoms with Gasteiger partial charge in [-0.05, 0) is 61.7 Å². The molecule has 5 fully saturated rings. The van der Waals surface area contributed by atoms with Crippen LogP contribution in [0.2, 0.25) is 0 Å². The molecule has 4 nitrogen and oxygen atoms in total. The molecular formula is C18H31N3O. The van der Waals surface area contributed by atoms with E-state index in [2.05, 4.69) is 9.80 Å². The molecule has 1 aliphatic heterocycles. The summed E-state index contributed by atoms with van der Waals surface area (Å²) < 4.78 is 0. The molecule has 0 unspecified atom stereocenters. The number of rotatable bonds is 4. The second-order valence-corrected chi connectivity index (χ2v) is 8.61. The van der Waals surface area contributed by atoms with Crippen LogP contribution in [0.3, 0.4) is 0 Å². The van der Waals surface area contributed by atoms with Crippen molar-refractivity contribution in [2.45, 2.75) is 44.9 Å². The van der Waals surface area contributed by atoms with Crippen LogP contribution in [-0.4, -0.2) is 55.0 Å². The molecule has 2 N–H and O–H groups in total. The van der Waals surface area contributed by atoms with E-state index in [0.29, 0.717) is 11.3 Å². The highest BCUT2D eigenvalue weighted by Crippen LogP contribution is 2.61. The van der Waals surface area contributed by atoms with Crippen LogP contribution in [0.4, 0.5) is 0 Å². The number of carbonyl (C=O) groups excluding carboxylic acids is 1. The molecule has 0 radical (unpaired) electrons. The lowest BCUT2D eigenvalue weighted by Crippen LogP contribution is -2.52. The standard InChI is InChI=1S/C18H31N3O/c19-1-2-20-3-5-21(6-4-20)17(22)13-18-10-14-7-15(11-18)9-16(8-14)12-18/h14-16H,1-13,19H2. The van der Waals surface area contributed by atoms with Crippen LogP contribution in [-0.2, 0) is 4.79 Å². The summed E-state index contributed by atoms with van der Waals surface area (Å²) in [5.41, 5.74) is 6.02. The van der Waals surface area contributed by atoms with Crippen molar-refractivity contribution in [1.82, 2.24) is 9.80 Å². The molecule has 0 aromatic carbocycles. The van der Waals surface area contributed by atoms with Crippen molar-refractivity contribution in [2.75, 3.05) is 39.3 Å². The van der Waals surface area contributed by atoms with E-state index >= 15 is 0 Å². The fourth-order valence-electron chi connectivity index (χ4n) is 6.34. The number of carbonyl (C=O) groups is 1. The van der Waals surface area contributed by atoms with Gasteiger partial charge in [0.15, 0.2) is 0 Å². The van der Waals surface area contributed by atoms with Crippen LogP contribution >= 0.6 is 0 Å². The third-order valence-corrected chi connectivity index (χ3v) is 6.86. The molecule has 4 saturated carbocycles. The Balaban J connectivity index is 1.35. The first-order valence-electron chi connectivity index (χ1n) is 9.36. The summed E-state index contributed by atoms with van der Waals surface area (Å²) in [4.78, 5) is 17.3. The second kappa shape index (κ2) is 5.79. The maximum atomic E-state index is 12.8. The summed E-state index contributed by atoms with van der Waals surface area (Å²) >= 11 is 0. The molecule has 0 spiro atoms. The van der Waals surface area contributed by atoms with E-state index < -0.39 is 0 Å². The van der Waals surface area contributed by atoms with Crippen molar-refractivity contribution < 1.29 is 4.79 Å². The van der Waals surface area contributed by atoms with E-state index in [9.17, 15) is 4.79 Å². The van der Waals surface area contributed by atoms with Crippen LogP contribution in [0.1, 0.15) is 44.9 Å². The van der Waals surface area contributed by atoms with Gasteiger partial charge in [0.2, 0.25) is 5.91 Å². The third kappa shape index (κ3) is 2.80. The first kappa shape index (κ1) is 14.9. The van der Waals surface area contributed by atoms with Crippen LogP contribution in [0.25, 0.3) is 0 Å². The van der Waals surface area contributed by atoms with E-state index in [0.717, 1.165) is 63.4 Å². The van der Waals surface area contributed by atoms with Gasteiger partial charge in [-0.3, -0.25) is 9.69 Å². The minimum atomic E-state index is 0.389. The van der Waals surface area contributed by atoms with Gasteiger partial charge >= 0.3 is 0 Å². The zero-order chi connectivity index (χ0) is 15.2. The predicted octanol–water partition coefficient (Wildman–Crippen LogP) is 1.70. The Kier molecular flexibility index (Phi) is 3.93. The van der Waals surface area contributed by atoms with Crippen molar-refractivity contribution in [1.29, 1.82) is 0 Å². The predicted molar refractivity (Wildman–Crippen MR) is 87.3 cm³/mol. The number of nitrogens with two attached hydrogens (primary N) is 1. The number of hydrogen-bond acceptors (Lipinski definition) is 3. The maximum absolute atomic E-state index is 12.8. The van der Waals surface area contributed by atoms with Crippen molar-refractivity contribution in [3.05, 3.63) is 0 Å². The molecule has 1 amide bonds. The Hall–Kier alpha value is -0.610. The molecule has 4 bridgehead atoms. The van der Waals surface area contributed by atoms with Gasteiger partial charge in [0.25, 0.3) is 0 Å². The zero-order valence-corrected chi connectivity index (χ0v) is 13.8. The van der Waals surface area contributed by atoms with Gasteiger partial charge in [-0.25, -0.2) is 0 Å². The normalized spacial score (nSPS) is 41.1. The van der Waals surface area contributed by atoms with E-state index in [-0.39, 0.29) is 0 Å². The van der Waals surface area contributed by atoms with Crippen molar-refractivity contribution in [3.63, 3.8) is 0 Å². The molecule has 5 aliphatic rings. The van der Waals surface area contributed by atoms with Gasteiger partial charge in [0.1, 0.15) is 0 Å². The number of nitrogens with zero attached hydrogens (tertiary/aromatic N) is 2. The fourth-order valence-corrected chi connectivity index (χ4v) is 6.34. The van der Waals surface area contributed by atoms with E-state index in [1.807, 2.05) is 0 Å². The van der Waals surface area contributed by atoms with Crippen LogP contribution in [0.15, 0.2) is 0 Å². The smallest absolute Gasteiger partial charge is 0.223 e. The zero-order valence-electron chi connectivity index (χ0n) is 13.8. The number of piperazine rings is 1. The average molecular weight is 305 g/mol. The SMILES string of the molecule is NCCN1CCN(C(=O)CC23CC4CC(CC(C4)C2)C3)CC1. The second-order valence-electron chi connectivity index (χ2n) is 8.61. The Morgan fingerprint density at radius 2 is 1.50 bits per heavy atom. The van der Waals surface area contributed by atoms with Crippen molar-refractivity contribution in [2.24, 2.45) is 28.9 Å². The Bertz CT molecular complexity index is 393. The largest absolute Gasteiger partial charge is 0.340 e. The van der Waals surface area contributed by atoms with Gasteiger partial charge in [0, 0.05) is 45.7 Å². The van der Waals surface area contributed by atoms with Crippen LogP contribution in [0.5, 0.6) is 0 Å². The van der Waals surface area contributed by atoms with E-state index in [4.69, 9.17) is 5.73 Å². The minimum absolute atomic E-state index is 0.389. The fraction of sp³-hybridized carbons (Fsp3) is 0.944. The highest BCUT2D eigenvalue weighted by atomic mass is 16.2. The highest BCUT2D eigenvalue weighted by molar-refractivity contribution is 5.77. The van der Waals surface area contributed by atoms with Gasteiger partial charge in [-0.15, -0.1) is 0 Å². The molecule has 5 rings (SSSR count). The summed E-state index contributed by atoms with van der Waals surface area (Å²) in [6.07, 6.45) is 9.27. The Labute approximate surface area is 134 Å². The van der Waals surface area contributed by atoms with Gasteiger partial charge in [-0.2, -0.15) is 0 Å². The molecule has 22 heavy (non-hydrogen) atoms. The third-order valence-electron chi connectivity index (χ3n) is 6.86. The summed E-state index contributed by atoms with van der Waals surface area (Å²) in [5, 5.41) is 0. The Morgan fingerprint density at radius 3 is 2.00 bits per heavy atom. The quantitative estimate of drug-likeness (QED) is 0.860. The maximum Gasteiger partial charge on any atom is 0.223 e. The topological polar surface area (TPSA) is 49.6 Å². The number of hydrogen-bond donors (Lipinski definition) is 1. The lowest BCUT2D eigenvalue weighted by Gasteiger charge is -2.57. The van der Waals surface area contributed by atoms with Crippen LogP contribution in [0, 0.1) is 23.2 Å². The molecule has 0 aromatic rings. The molecular weight excluding hydrogens is 274 g/mol. The minimum Gasteiger partial charge on any atom is -0.340 e. The van der Waals surface area contributed by atoms with Crippen molar-refractivity contribution >= 4 is 5.91 Å². The number of amides is 1. The average Bonchev–Trinajstić information content (AvgIpc) is 2.46. The Morgan fingerprint density at radius 1 is 0.955 bits per heavy atom. The summed E-state index contributed by atoms with van der Waals surface area (Å²) in [6.45, 7) is 5.52. The van der Waals surface area contributed by atoms with Gasteiger partial charge < -0.3 is 10.6 Å². The summed E-state index contributed by atoms with van der Waals surface area (Å²) in [6, 6.07) is 0. The molecule has 1 saturated heterocycles. The van der Waals surface area contributed by atoms with Gasteiger partial charge in [0.05, 0.1) is 0 Å². The molecule has 4 heteroatoms. The molecule has 4 aliphatic carbocycles.